The van der Waals surface area contributed by atoms with Crippen LogP contribution in [0.5, 0.6) is 0 Å². The Morgan fingerprint density at radius 2 is 1.90 bits per heavy atom. The van der Waals surface area contributed by atoms with Crippen LogP contribution in [0.3, 0.4) is 0 Å². The zero-order valence-corrected chi connectivity index (χ0v) is 13.4. The van der Waals surface area contributed by atoms with E-state index in [1.807, 2.05) is 37.3 Å². The predicted octanol–water partition coefficient (Wildman–Crippen LogP) is 3.29. The van der Waals surface area contributed by atoms with E-state index in [2.05, 4.69) is 42.8 Å². The van der Waals surface area contributed by atoms with Crippen molar-refractivity contribution in [1.29, 1.82) is 0 Å². The monoisotopic (exact) mass is 397 g/mol. The Morgan fingerprint density at radius 3 is 2.60 bits per heavy atom. The molecule has 0 radical (unpaired) electrons. The fraction of sp³-hybridized carbons (Fsp3) is 0.0769. The van der Waals surface area contributed by atoms with Crippen molar-refractivity contribution in [2.45, 2.75) is 6.92 Å². The fourth-order valence-electron chi connectivity index (χ4n) is 1.69. The van der Waals surface area contributed by atoms with Crippen molar-refractivity contribution < 1.29 is 0 Å². The van der Waals surface area contributed by atoms with Crippen LogP contribution in [-0.2, 0) is 0 Å². The summed E-state index contributed by atoms with van der Waals surface area (Å²) >= 11 is 8.20. The predicted molar refractivity (Wildman–Crippen MR) is 84.8 cm³/mol. The summed E-state index contributed by atoms with van der Waals surface area (Å²) in [5, 5.41) is 9.04. The molecule has 0 saturated carbocycles. The number of nitrogens with zero attached hydrogens (tertiary/aromatic N) is 5. The van der Waals surface area contributed by atoms with E-state index in [4.69, 9.17) is 11.6 Å². The van der Waals surface area contributed by atoms with Crippen LogP contribution in [0.2, 0.25) is 5.15 Å². The van der Waals surface area contributed by atoms with Gasteiger partial charge in [-0.1, -0.05) is 29.8 Å². The van der Waals surface area contributed by atoms with Gasteiger partial charge in [0, 0.05) is 0 Å². The van der Waals surface area contributed by atoms with Gasteiger partial charge in [0.15, 0.2) is 11.5 Å². The summed E-state index contributed by atoms with van der Waals surface area (Å²) in [5.41, 5.74) is 2.30. The van der Waals surface area contributed by atoms with Gasteiger partial charge in [0.05, 0.1) is 21.1 Å². The maximum absolute atomic E-state index is 6.08. The normalized spacial score (nSPS) is 10.8. The molecular weight excluding hydrogens is 389 g/mol. The summed E-state index contributed by atoms with van der Waals surface area (Å²) in [6.45, 7) is 1.89. The lowest BCUT2D eigenvalue weighted by molar-refractivity contribution is 0.752. The quantitative estimate of drug-likeness (QED) is 0.492. The number of aryl methyl sites for hydroxylation is 1. The molecule has 1 aromatic carbocycles. The maximum Gasteiger partial charge on any atom is 0.183 e. The van der Waals surface area contributed by atoms with Gasteiger partial charge >= 0.3 is 0 Å². The number of rotatable bonds is 2. The molecule has 0 N–H and O–H groups in total. The van der Waals surface area contributed by atoms with Crippen molar-refractivity contribution in [2.75, 3.05) is 0 Å². The summed E-state index contributed by atoms with van der Waals surface area (Å²) in [5.74, 6) is 0.482. The van der Waals surface area contributed by atoms with E-state index < -0.39 is 0 Å². The molecule has 0 aliphatic rings. The van der Waals surface area contributed by atoms with E-state index in [0.717, 1.165) is 15.0 Å². The van der Waals surface area contributed by atoms with Crippen molar-refractivity contribution in [1.82, 2.24) is 25.0 Å². The first kappa shape index (κ1) is 13.4. The SMILES string of the molecule is Cc1nc(-c2cnn(-c3ccccc3)n2)nc(Cl)c1I. The van der Waals surface area contributed by atoms with Crippen molar-refractivity contribution in [2.24, 2.45) is 0 Å². The van der Waals surface area contributed by atoms with Crippen LogP contribution in [0.15, 0.2) is 36.5 Å². The molecule has 0 aliphatic carbocycles. The number of benzene rings is 1. The lowest BCUT2D eigenvalue weighted by Gasteiger charge is -2.02. The highest BCUT2D eigenvalue weighted by Crippen LogP contribution is 2.22. The van der Waals surface area contributed by atoms with E-state index >= 15 is 0 Å². The maximum atomic E-state index is 6.08. The first-order valence-electron chi connectivity index (χ1n) is 5.83. The number of hydrogen-bond donors (Lipinski definition) is 0. The van der Waals surface area contributed by atoms with Crippen molar-refractivity contribution in [3.8, 4) is 17.2 Å². The summed E-state index contributed by atoms with van der Waals surface area (Å²) in [6.07, 6.45) is 1.63. The second-order valence-electron chi connectivity index (χ2n) is 4.09. The first-order valence-corrected chi connectivity index (χ1v) is 7.28. The molecule has 100 valence electrons. The van der Waals surface area contributed by atoms with Gasteiger partial charge in [0.1, 0.15) is 5.15 Å². The van der Waals surface area contributed by atoms with Gasteiger partial charge in [0.25, 0.3) is 0 Å². The zero-order chi connectivity index (χ0) is 14.1. The third kappa shape index (κ3) is 2.53. The molecule has 2 heterocycles. The van der Waals surface area contributed by atoms with E-state index in [-0.39, 0.29) is 0 Å². The molecule has 3 aromatic rings. The van der Waals surface area contributed by atoms with Gasteiger partial charge in [-0.25, -0.2) is 9.97 Å². The standard InChI is InChI=1S/C13H9ClIN5/c1-8-11(15)12(14)18-13(17-8)10-7-16-20(19-10)9-5-3-2-4-6-9/h2-7H,1H3. The van der Waals surface area contributed by atoms with Crippen LogP contribution < -0.4 is 0 Å². The van der Waals surface area contributed by atoms with Crippen LogP contribution in [0.1, 0.15) is 5.69 Å². The minimum Gasteiger partial charge on any atom is -0.231 e. The second-order valence-corrected chi connectivity index (χ2v) is 5.53. The number of para-hydroxylation sites is 1. The third-order valence-corrected chi connectivity index (χ3v) is 4.57. The van der Waals surface area contributed by atoms with E-state index in [1.54, 1.807) is 11.0 Å². The first-order chi connectivity index (χ1) is 9.65. The van der Waals surface area contributed by atoms with Crippen LogP contribution in [0.25, 0.3) is 17.2 Å². The Bertz CT molecular complexity index is 733. The molecule has 0 unspecified atom stereocenters. The molecule has 5 nitrogen and oxygen atoms in total. The van der Waals surface area contributed by atoms with Crippen LogP contribution in [0, 0.1) is 10.5 Å². The van der Waals surface area contributed by atoms with Crippen molar-refractivity contribution in [3.63, 3.8) is 0 Å². The van der Waals surface area contributed by atoms with Crippen molar-refractivity contribution >= 4 is 34.2 Å². The third-order valence-electron chi connectivity index (χ3n) is 2.68. The highest BCUT2D eigenvalue weighted by molar-refractivity contribution is 14.1. The molecule has 7 heteroatoms. The number of halogens is 2. The van der Waals surface area contributed by atoms with Gasteiger partial charge in [-0.05, 0) is 41.6 Å². The van der Waals surface area contributed by atoms with Crippen LogP contribution >= 0.6 is 34.2 Å². The van der Waals surface area contributed by atoms with Crippen LogP contribution in [0.4, 0.5) is 0 Å². The van der Waals surface area contributed by atoms with Gasteiger partial charge in [-0.3, -0.25) is 0 Å². The van der Waals surface area contributed by atoms with E-state index in [1.165, 1.54) is 0 Å². The van der Waals surface area contributed by atoms with Gasteiger partial charge in [0.2, 0.25) is 0 Å². The molecule has 0 aliphatic heterocycles. The smallest absolute Gasteiger partial charge is 0.183 e. The molecule has 2 aromatic heterocycles. The molecule has 0 spiro atoms. The Morgan fingerprint density at radius 1 is 1.15 bits per heavy atom. The molecule has 0 atom stereocenters. The summed E-state index contributed by atoms with van der Waals surface area (Å²) in [6, 6.07) is 9.66. The Kier molecular flexibility index (Phi) is 3.66. The lowest BCUT2D eigenvalue weighted by Crippen LogP contribution is -2.00. The molecule has 20 heavy (non-hydrogen) atoms. The lowest BCUT2D eigenvalue weighted by atomic mass is 10.3. The molecule has 0 bridgehead atoms. The Labute approximate surface area is 134 Å². The fourth-order valence-corrected chi connectivity index (χ4v) is 2.15. The van der Waals surface area contributed by atoms with Crippen LogP contribution in [-0.4, -0.2) is 25.0 Å². The summed E-state index contributed by atoms with van der Waals surface area (Å²) in [7, 11) is 0. The highest BCUT2D eigenvalue weighted by Gasteiger charge is 2.12. The summed E-state index contributed by atoms with van der Waals surface area (Å²) in [4.78, 5) is 10.2. The summed E-state index contributed by atoms with van der Waals surface area (Å²) < 4.78 is 0.850. The highest BCUT2D eigenvalue weighted by atomic mass is 127. The van der Waals surface area contributed by atoms with Gasteiger partial charge in [-0.2, -0.15) is 9.90 Å². The zero-order valence-electron chi connectivity index (χ0n) is 10.5. The van der Waals surface area contributed by atoms with Crippen molar-refractivity contribution in [3.05, 3.63) is 50.9 Å². The number of hydrogen-bond acceptors (Lipinski definition) is 4. The molecule has 3 rings (SSSR count). The van der Waals surface area contributed by atoms with E-state index in [9.17, 15) is 0 Å². The molecule has 0 fully saturated rings. The number of aromatic nitrogens is 5. The Hall–Kier alpha value is -1.54. The largest absolute Gasteiger partial charge is 0.231 e. The minimum absolute atomic E-state index is 0.433. The average molecular weight is 398 g/mol. The molecular formula is C13H9ClIN5. The molecule has 0 amide bonds. The Balaban J connectivity index is 2.03. The average Bonchev–Trinajstić information content (AvgIpc) is 2.95. The van der Waals surface area contributed by atoms with E-state index in [0.29, 0.717) is 16.7 Å². The minimum atomic E-state index is 0.433. The topological polar surface area (TPSA) is 56.5 Å². The van der Waals surface area contributed by atoms with Gasteiger partial charge < -0.3 is 0 Å². The molecule has 0 saturated heterocycles. The van der Waals surface area contributed by atoms with Gasteiger partial charge in [-0.15, -0.1) is 5.10 Å². The second kappa shape index (κ2) is 5.45.